The molecule has 3 N–H and O–H groups in total. The van der Waals surface area contributed by atoms with Crippen molar-refractivity contribution in [2.45, 2.75) is 44.6 Å². The lowest BCUT2D eigenvalue weighted by molar-refractivity contribution is 0.339. The molecule has 3 aromatic rings. The van der Waals surface area contributed by atoms with E-state index in [9.17, 15) is 0 Å². The zero-order chi connectivity index (χ0) is 20.9. The molecule has 1 saturated carbocycles. The van der Waals surface area contributed by atoms with Crippen molar-refractivity contribution in [2.24, 2.45) is 5.84 Å². The molecule has 0 bridgehead atoms. The Bertz CT molecular complexity index is 1040. The minimum absolute atomic E-state index is 0. The van der Waals surface area contributed by atoms with Crippen LogP contribution in [0.5, 0.6) is 5.75 Å². The number of ether oxygens (including phenoxy) is 1. The molecule has 4 rings (SSSR count). The Balaban J connectivity index is 0.00000181. The van der Waals surface area contributed by atoms with Crippen molar-refractivity contribution in [2.75, 3.05) is 6.61 Å². The SMILES string of the molecule is CCOc1ccc2nc(/C=C\c3ccc(Cl)cc3)nc(C3CCC(NN)CC3)c2c1.Cl.Cl. The maximum Gasteiger partial charge on any atom is 0.152 e. The molecule has 1 heterocycles. The first-order valence-electron chi connectivity index (χ1n) is 10.5. The topological polar surface area (TPSA) is 73.1 Å². The number of nitrogens with zero attached hydrogens (tertiary/aromatic N) is 2. The van der Waals surface area contributed by atoms with E-state index in [0.717, 1.165) is 64.4 Å². The number of fused-ring (bicyclic) bond motifs is 1. The highest BCUT2D eigenvalue weighted by molar-refractivity contribution is 6.30. The molecule has 0 atom stereocenters. The van der Waals surface area contributed by atoms with Gasteiger partial charge in [-0.25, -0.2) is 9.97 Å². The quantitative estimate of drug-likeness (QED) is 0.315. The summed E-state index contributed by atoms with van der Waals surface area (Å²) in [6.07, 6.45) is 8.20. The van der Waals surface area contributed by atoms with Crippen LogP contribution in [-0.2, 0) is 0 Å². The number of halogens is 3. The van der Waals surface area contributed by atoms with Gasteiger partial charge in [0.15, 0.2) is 5.82 Å². The van der Waals surface area contributed by atoms with Crippen molar-refractivity contribution in [1.82, 2.24) is 15.4 Å². The van der Waals surface area contributed by atoms with Gasteiger partial charge in [-0.3, -0.25) is 11.3 Å². The average Bonchev–Trinajstić information content (AvgIpc) is 2.78. The summed E-state index contributed by atoms with van der Waals surface area (Å²) in [4.78, 5) is 9.76. The molecule has 1 aliphatic carbocycles. The molecule has 0 unspecified atom stereocenters. The summed E-state index contributed by atoms with van der Waals surface area (Å²) in [5.74, 6) is 7.61. The van der Waals surface area contributed by atoms with Crippen LogP contribution in [0, 0.1) is 0 Å². The molecule has 1 fully saturated rings. The lowest BCUT2D eigenvalue weighted by atomic mass is 9.83. The van der Waals surface area contributed by atoms with Crippen molar-refractivity contribution < 1.29 is 4.74 Å². The molecule has 8 heteroatoms. The number of nitrogens with two attached hydrogens (primary N) is 1. The zero-order valence-corrected chi connectivity index (χ0v) is 20.3. The van der Waals surface area contributed by atoms with Crippen molar-refractivity contribution in [3.05, 3.63) is 64.6 Å². The third-order valence-corrected chi connectivity index (χ3v) is 5.92. The van der Waals surface area contributed by atoms with Gasteiger partial charge in [-0.05, 0) is 74.6 Å². The number of hydrazine groups is 1. The van der Waals surface area contributed by atoms with E-state index in [4.69, 9.17) is 32.1 Å². The Labute approximate surface area is 206 Å². The number of benzene rings is 2. The molecule has 5 nitrogen and oxygen atoms in total. The van der Waals surface area contributed by atoms with Crippen LogP contribution < -0.4 is 16.0 Å². The fraction of sp³-hybridized carbons (Fsp3) is 0.333. The largest absolute Gasteiger partial charge is 0.494 e. The number of aromatic nitrogens is 2. The molecule has 2 aromatic carbocycles. The van der Waals surface area contributed by atoms with Crippen molar-refractivity contribution in [1.29, 1.82) is 0 Å². The van der Waals surface area contributed by atoms with Crippen molar-refractivity contribution >= 4 is 59.5 Å². The lowest BCUT2D eigenvalue weighted by Gasteiger charge is -2.28. The third-order valence-electron chi connectivity index (χ3n) is 5.67. The van der Waals surface area contributed by atoms with E-state index in [1.54, 1.807) is 0 Å². The predicted molar refractivity (Wildman–Crippen MR) is 138 cm³/mol. The molecular formula is C24H29Cl3N4O. The van der Waals surface area contributed by atoms with Gasteiger partial charge in [-0.1, -0.05) is 29.8 Å². The molecular weight excluding hydrogens is 467 g/mol. The highest BCUT2D eigenvalue weighted by atomic mass is 35.5. The Kier molecular flexibility index (Phi) is 10.2. The number of hydrogen-bond donors (Lipinski definition) is 2. The fourth-order valence-electron chi connectivity index (χ4n) is 4.07. The molecule has 172 valence electrons. The summed E-state index contributed by atoms with van der Waals surface area (Å²) in [6.45, 7) is 2.63. The van der Waals surface area contributed by atoms with E-state index in [1.807, 2.05) is 55.5 Å². The predicted octanol–water partition coefficient (Wildman–Crippen LogP) is 6.19. The van der Waals surface area contributed by atoms with Crippen LogP contribution in [0.3, 0.4) is 0 Å². The normalized spacial score (nSPS) is 18.2. The van der Waals surface area contributed by atoms with E-state index in [1.165, 1.54) is 0 Å². The van der Waals surface area contributed by atoms with Gasteiger partial charge >= 0.3 is 0 Å². The van der Waals surface area contributed by atoms with E-state index >= 15 is 0 Å². The lowest BCUT2D eigenvalue weighted by Crippen LogP contribution is -2.37. The average molecular weight is 496 g/mol. The van der Waals surface area contributed by atoms with Crippen LogP contribution in [0.25, 0.3) is 23.1 Å². The summed E-state index contributed by atoms with van der Waals surface area (Å²) in [5, 5.41) is 1.80. The van der Waals surface area contributed by atoms with Crippen molar-refractivity contribution in [3.8, 4) is 5.75 Å². The van der Waals surface area contributed by atoms with Crippen LogP contribution in [-0.4, -0.2) is 22.6 Å². The monoisotopic (exact) mass is 494 g/mol. The van der Waals surface area contributed by atoms with E-state index in [2.05, 4.69) is 11.5 Å². The Morgan fingerprint density at radius 2 is 1.75 bits per heavy atom. The summed E-state index contributed by atoms with van der Waals surface area (Å²) < 4.78 is 5.73. The maximum absolute atomic E-state index is 5.99. The molecule has 1 aliphatic rings. The number of hydrogen-bond acceptors (Lipinski definition) is 5. The molecule has 32 heavy (non-hydrogen) atoms. The first-order chi connectivity index (χ1) is 14.7. The van der Waals surface area contributed by atoms with Crippen LogP contribution in [0.15, 0.2) is 42.5 Å². The molecule has 0 spiro atoms. The minimum atomic E-state index is 0. The van der Waals surface area contributed by atoms with Crippen LogP contribution in [0.4, 0.5) is 0 Å². The summed E-state index contributed by atoms with van der Waals surface area (Å²) in [5.41, 5.74) is 6.03. The van der Waals surface area contributed by atoms with Crippen LogP contribution in [0.1, 0.15) is 55.6 Å². The smallest absolute Gasteiger partial charge is 0.152 e. The molecule has 0 aliphatic heterocycles. The maximum atomic E-state index is 5.99. The Morgan fingerprint density at radius 3 is 2.41 bits per heavy atom. The standard InChI is InChI=1S/C24H27ClN4O.2ClH/c1-2-30-20-12-13-22-21(15-20)24(17-6-10-19(29-26)11-7-17)28-23(27-22)14-5-16-3-8-18(25)9-4-16;;/h3-5,8-9,12-15,17,19,29H,2,6-7,10-11,26H2,1H3;2*1H/b14-5-;;. The van der Waals surface area contributed by atoms with Gasteiger partial charge in [-0.2, -0.15) is 0 Å². The minimum Gasteiger partial charge on any atom is -0.494 e. The fourth-order valence-corrected chi connectivity index (χ4v) is 4.20. The van der Waals surface area contributed by atoms with Crippen LogP contribution in [0.2, 0.25) is 5.02 Å². The van der Waals surface area contributed by atoms with E-state index in [0.29, 0.717) is 18.6 Å². The highest BCUT2D eigenvalue weighted by Crippen LogP contribution is 2.36. The summed E-state index contributed by atoms with van der Waals surface area (Å²) >= 11 is 5.99. The van der Waals surface area contributed by atoms with Gasteiger partial charge in [0.25, 0.3) is 0 Å². The van der Waals surface area contributed by atoms with Gasteiger partial charge in [0.1, 0.15) is 5.75 Å². The van der Waals surface area contributed by atoms with Gasteiger partial charge in [0, 0.05) is 22.4 Å². The molecule has 0 saturated heterocycles. The van der Waals surface area contributed by atoms with Gasteiger partial charge in [0.05, 0.1) is 17.8 Å². The molecule has 1 aromatic heterocycles. The van der Waals surface area contributed by atoms with Gasteiger partial charge in [-0.15, -0.1) is 24.8 Å². The second-order valence-electron chi connectivity index (χ2n) is 7.68. The first-order valence-corrected chi connectivity index (χ1v) is 10.9. The number of nitrogens with one attached hydrogen (secondary N) is 1. The number of rotatable bonds is 6. The molecule has 0 amide bonds. The van der Waals surface area contributed by atoms with Gasteiger partial charge < -0.3 is 4.74 Å². The second kappa shape index (κ2) is 12.4. The van der Waals surface area contributed by atoms with E-state index < -0.39 is 0 Å². The second-order valence-corrected chi connectivity index (χ2v) is 8.12. The first kappa shape index (κ1) is 26.4. The highest BCUT2D eigenvalue weighted by Gasteiger charge is 2.25. The Morgan fingerprint density at radius 1 is 1.03 bits per heavy atom. The van der Waals surface area contributed by atoms with Gasteiger partial charge in [0.2, 0.25) is 0 Å². The summed E-state index contributed by atoms with van der Waals surface area (Å²) in [6, 6.07) is 14.2. The Hall–Kier alpha value is -1.89. The zero-order valence-electron chi connectivity index (χ0n) is 18.0. The van der Waals surface area contributed by atoms with E-state index in [-0.39, 0.29) is 24.8 Å². The van der Waals surface area contributed by atoms with Crippen LogP contribution >= 0.6 is 36.4 Å². The summed E-state index contributed by atoms with van der Waals surface area (Å²) in [7, 11) is 0. The third kappa shape index (κ3) is 6.33. The molecule has 0 radical (unpaired) electrons. The van der Waals surface area contributed by atoms with Crippen molar-refractivity contribution in [3.63, 3.8) is 0 Å².